The van der Waals surface area contributed by atoms with Gasteiger partial charge in [-0.25, -0.2) is 0 Å². The van der Waals surface area contributed by atoms with Crippen molar-refractivity contribution in [3.05, 3.63) is 47.6 Å². The second kappa shape index (κ2) is 6.83. The number of rotatable bonds is 5. The Morgan fingerprint density at radius 1 is 1.05 bits per heavy atom. The maximum atomic E-state index is 5.38. The summed E-state index contributed by atoms with van der Waals surface area (Å²) >= 11 is 0. The van der Waals surface area contributed by atoms with E-state index in [4.69, 9.17) is 4.52 Å². The van der Waals surface area contributed by atoms with Gasteiger partial charge in [-0.3, -0.25) is 4.90 Å². The fourth-order valence-corrected chi connectivity index (χ4v) is 2.66. The van der Waals surface area contributed by atoms with Gasteiger partial charge in [0.1, 0.15) is 0 Å². The molecule has 1 aromatic carbocycles. The molecule has 0 spiro atoms. The molecular formula is C16H22N4O. The Labute approximate surface area is 125 Å². The number of hydrogen-bond acceptors (Lipinski definition) is 5. The molecule has 1 aromatic heterocycles. The maximum Gasteiger partial charge on any atom is 0.240 e. The summed E-state index contributed by atoms with van der Waals surface area (Å²) in [6.07, 6.45) is 0.730. The predicted molar refractivity (Wildman–Crippen MR) is 80.9 cm³/mol. The molecule has 2 aromatic rings. The van der Waals surface area contributed by atoms with Crippen LogP contribution in [0.3, 0.4) is 0 Å². The third-order valence-electron chi connectivity index (χ3n) is 3.99. The molecule has 5 heteroatoms. The van der Waals surface area contributed by atoms with Crippen LogP contribution >= 0.6 is 0 Å². The van der Waals surface area contributed by atoms with Crippen LogP contribution in [-0.2, 0) is 13.0 Å². The molecule has 21 heavy (non-hydrogen) atoms. The number of aromatic nitrogens is 2. The van der Waals surface area contributed by atoms with Crippen LogP contribution in [0.2, 0.25) is 0 Å². The lowest BCUT2D eigenvalue weighted by molar-refractivity contribution is 0.121. The highest BCUT2D eigenvalue weighted by Gasteiger charge is 2.18. The lowest BCUT2D eigenvalue weighted by Crippen LogP contribution is -2.45. The molecule has 2 heterocycles. The molecule has 0 bridgehead atoms. The van der Waals surface area contributed by atoms with E-state index in [1.807, 2.05) is 18.2 Å². The van der Waals surface area contributed by atoms with E-state index in [0.717, 1.165) is 57.4 Å². The average Bonchev–Trinajstić information content (AvgIpc) is 2.96. The molecule has 5 nitrogen and oxygen atoms in total. The maximum absolute atomic E-state index is 5.38. The van der Waals surface area contributed by atoms with Crippen LogP contribution in [0, 0.1) is 0 Å². The first-order valence-corrected chi connectivity index (χ1v) is 7.63. The lowest BCUT2D eigenvalue weighted by atomic mass is 10.1. The molecular weight excluding hydrogens is 264 g/mol. The van der Waals surface area contributed by atoms with Gasteiger partial charge in [0.05, 0.1) is 6.54 Å². The van der Waals surface area contributed by atoms with Crippen molar-refractivity contribution in [1.29, 1.82) is 0 Å². The summed E-state index contributed by atoms with van der Waals surface area (Å²) in [6.45, 7) is 8.51. The second-order valence-electron chi connectivity index (χ2n) is 5.48. The first-order valence-electron chi connectivity index (χ1n) is 7.63. The van der Waals surface area contributed by atoms with Crippen LogP contribution < -0.4 is 0 Å². The fourth-order valence-electron chi connectivity index (χ4n) is 2.66. The molecule has 0 N–H and O–H groups in total. The van der Waals surface area contributed by atoms with Crippen LogP contribution in [0.1, 0.15) is 24.2 Å². The van der Waals surface area contributed by atoms with Gasteiger partial charge in [-0.1, -0.05) is 42.4 Å². The average molecular weight is 286 g/mol. The van der Waals surface area contributed by atoms with Crippen LogP contribution in [0.4, 0.5) is 0 Å². The number of likely N-dealkylation sites (N-methyl/N-ethyl adjacent to an activating group) is 1. The summed E-state index contributed by atoms with van der Waals surface area (Å²) in [5.41, 5.74) is 1.21. The minimum atomic E-state index is 0.728. The van der Waals surface area contributed by atoms with E-state index in [1.54, 1.807) is 0 Å². The summed E-state index contributed by atoms with van der Waals surface area (Å²) in [4.78, 5) is 9.35. The van der Waals surface area contributed by atoms with Crippen molar-refractivity contribution in [3.8, 4) is 0 Å². The number of nitrogens with zero attached hydrogens (tertiary/aromatic N) is 4. The summed E-state index contributed by atoms with van der Waals surface area (Å²) in [6, 6.07) is 10.2. The van der Waals surface area contributed by atoms with E-state index >= 15 is 0 Å². The molecule has 0 atom stereocenters. The summed E-state index contributed by atoms with van der Waals surface area (Å²) in [5.74, 6) is 1.49. The monoisotopic (exact) mass is 286 g/mol. The highest BCUT2D eigenvalue weighted by Crippen LogP contribution is 2.10. The Morgan fingerprint density at radius 3 is 2.48 bits per heavy atom. The molecule has 0 saturated carbocycles. The Hall–Kier alpha value is -1.72. The quantitative estimate of drug-likeness (QED) is 0.838. The van der Waals surface area contributed by atoms with Crippen LogP contribution in [-0.4, -0.2) is 52.7 Å². The smallest absolute Gasteiger partial charge is 0.240 e. The molecule has 0 amide bonds. The third-order valence-corrected chi connectivity index (χ3v) is 3.99. The van der Waals surface area contributed by atoms with E-state index in [1.165, 1.54) is 5.56 Å². The normalized spacial score (nSPS) is 17.2. The third kappa shape index (κ3) is 3.89. The summed E-state index contributed by atoms with van der Waals surface area (Å²) in [5, 5.41) is 4.08. The minimum absolute atomic E-state index is 0.728. The van der Waals surface area contributed by atoms with E-state index in [0.29, 0.717) is 0 Å². The van der Waals surface area contributed by atoms with Gasteiger partial charge in [-0.15, -0.1) is 0 Å². The lowest BCUT2D eigenvalue weighted by Gasteiger charge is -2.33. The predicted octanol–water partition coefficient (Wildman–Crippen LogP) is 1.80. The molecule has 0 radical (unpaired) electrons. The highest BCUT2D eigenvalue weighted by atomic mass is 16.5. The van der Waals surface area contributed by atoms with E-state index < -0.39 is 0 Å². The molecule has 3 rings (SSSR count). The van der Waals surface area contributed by atoms with Crippen molar-refractivity contribution in [3.63, 3.8) is 0 Å². The molecule has 1 aliphatic heterocycles. The zero-order valence-electron chi connectivity index (χ0n) is 12.5. The van der Waals surface area contributed by atoms with Gasteiger partial charge in [0, 0.05) is 32.6 Å². The van der Waals surface area contributed by atoms with Crippen molar-refractivity contribution in [1.82, 2.24) is 19.9 Å². The minimum Gasteiger partial charge on any atom is -0.338 e. The van der Waals surface area contributed by atoms with E-state index in [2.05, 4.69) is 39.0 Å². The molecule has 1 fully saturated rings. The molecule has 112 valence electrons. The highest BCUT2D eigenvalue weighted by molar-refractivity contribution is 5.18. The van der Waals surface area contributed by atoms with Gasteiger partial charge in [0.25, 0.3) is 0 Å². The molecule has 0 unspecified atom stereocenters. The zero-order valence-corrected chi connectivity index (χ0v) is 12.5. The van der Waals surface area contributed by atoms with Gasteiger partial charge in [-0.2, -0.15) is 4.98 Å². The largest absolute Gasteiger partial charge is 0.338 e. The number of hydrogen-bond donors (Lipinski definition) is 0. The van der Waals surface area contributed by atoms with E-state index in [9.17, 15) is 0 Å². The van der Waals surface area contributed by atoms with Gasteiger partial charge in [0.2, 0.25) is 5.89 Å². The second-order valence-corrected chi connectivity index (χ2v) is 5.48. The standard InChI is InChI=1S/C16H22N4O/c1-2-19-8-10-20(11-9-19)13-16-17-15(18-21-16)12-14-6-4-3-5-7-14/h3-7H,2,8-13H2,1H3. The van der Waals surface area contributed by atoms with Gasteiger partial charge in [-0.05, 0) is 12.1 Å². The fraction of sp³-hybridized carbons (Fsp3) is 0.500. The number of benzene rings is 1. The van der Waals surface area contributed by atoms with Crippen molar-refractivity contribution in [2.75, 3.05) is 32.7 Å². The van der Waals surface area contributed by atoms with Gasteiger partial charge >= 0.3 is 0 Å². The molecule has 0 aliphatic carbocycles. The summed E-state index contributed by atoms with van der Waals surface area (Å²) < 4.78 is 5.38. The zero-order chi connectivity index (χ0) is 14.5. The van der Waals surface area contributed by atoms with Crippen LogP contribution in [0.15, 0.2) is 34.9 Å². The SMILES string of the molecule is CCN1CCN(Cc2nc(Cc3ccccc3)no2)CC1. The Morgan fingerprint density at radius 2 is 1.76 bits per heavy atom. The van der Waals surface area contributed by atoms with Crippen LogP contribution in [0.25, 0.3) is 0 Å². The summed E-state index contributed by atoms with van der Waals surface area (Å²) in [7, 11) is 0. The van der Waals surface area contributed by atoms with Gasteiger partial charge < -0.3 is 9.42 Å². The molecule has 1 saturated heterocycles. The van der Waals surface area contributed by atoms with E-state index in [-0.39, 0.29) is 0 Å². The van der Waals surface area contributed by atoms with Gasteiger partial charge in [0.15, 0.2) is 5.82 Å². The Kier molecular flexibility index (Phi) is 4.62. The Balaban J connectivity index is 1.53. The van der Waals surface area contributed by atoms with Crippen molar-refractivity contribution in [2.24, 2.45) is 0 Å². The molecule has 1 aliphatic rings. The topological polar surface area (TPSA) is 45.4 Å². The van der Waals surface area contributed by atoms with Crippen molar-refractivity contribution >= 4 is 0 Å². The first-order chi connectivity index (χ1) is 10.3. The van der Waals surface area contributed by atoms with Crippen LogP contribution in [0.5, 0.6) is 0 Å². The first kappa shape index (κ1) is 14.2. The number of piperazine rings is 1. The van der Waals surface area contributed by atoms with Crippen molar-refractivity contribution < 1.29 is 4.52 Å². The Bertz CT molecular complexity index is 546. The van der Waals surface area contributed by atoms with Crippen molar-refractivity contribution in [2.45, 2.75) is 19.9 Å².